The number of carbonyl (C=O) groups is 1. The molecule has 4 aromatic rings. The van der Waals surface area contributed by atoms with E-state index >= 15 is 0 Å². The highest BCUT2D eigenvalue weighted by molar-refractivity contribution is 5.89. The topological polar surface area (TPSA) is 17.1 Å². The van der Waals surface area contributed by atoms with Crippen LogP contribution in [0.2, 0.25) is 0 Å². The van der Waals surface area contributed by atoms with Crippen LogP contribution in [0, 0.1) is 0 Å². The molecule has 0 saturated heterocycles. The summed E-state index contributed by atoms with van der Waals surface area (Å²) in [6, 6.07) is 29.7. The van der Waals surface area contributed by atoms with E-state index in [2.05, 4.69) is 72.8 Å². The van der Waals surface area contributed by atoms with E-state index in [1.807, 2.05) is 12.1 Å². The molecular formula is C25H20O. The fraction of sp³-hybridized carbons (Fsp3) is 0.0800. The van der Waals surface area contributed by atoms with Gasteiger partial charge in [-0.25, -0.2) is 0 Å². The summed E-state index contributed by atoms with van der Waals surface area (Å²) < 4.78 is 0. The van der Waals surface area contributed by atoms with Gasteiger partial charge in [0.05, 0.1) is 0 Å². The zero-order chi connectivity index (χ0) is 17.8. The summed E-state index contributed by atoms with van der Waals surface area (Å²) in [5.74, 6) is 0. The average molecular weight is 336 g/mol. The lowest BCUT2D eigenvalue weighted by atomic mass is 9.95. The second kappa shape index (κ2) is 7.37. The van der Waals surface area contributed by atoms with E-state index in [1.165, 1.54) is 27.1 Å². The standard InChI is InChI=1S/C25H20O/c26-16-15-22(25-14-13-21-6-2-4-8-24(21)18-25)12-10-19-9-11-20-5-1-3-7-23(20)17-19/h1-9,11,13-18H,10,12H2/b22-15-. The van der Waals surface area contributed by atoms with Crippen molar-refractivity contribution in [3.63, 3.8) is 0 Å². The van der Waals surface area contributed by atoms with E-state index in [0.717, 1.165) is 30.3 Å². The Hall–Kier alpha value is -3.19. The third-order valence-corrected chi connectivity index (χ3v) is 4.89. The van der Waals surface area contributed by atoms with Crippen molar-refractivity contribution >= 4 is 33.4 Å². The lowest BCUT2D eigenvalue weighted by molar-refractivity contribution is -0.104. The minimum absolute atomic E-state index is 0.843. The average Bonchev–Trinajstić information content (AvgIpc) is 2.70. The smallest absolute Gasteiger partial charge is 0.143 e. The predicted molar refractivity (Wildman–Crippen MR) is 110 cm³/mol. The van der Waals surface area contributed by atoms with Gasteiger partial charge in [0.1, 0.15) is 6.29 Å². The van der Waals surface area contributed by atoms with Gasteiger partial charge in [0, 0.05) is 0 Å². The minimum Gasteiger partial charge on any atom is -0.299 e. The quantitative estimate of drug-likeness (QED) is 0.313. The monoisotopic (exact) mass is 336 g/mol. The van der Waals surface area contributed by atoms with E-state index in [9.17, 15) is 4.79 Å². The molecule has 4 rings (SSSR count). The molecule has 0 aliphatic rings. The highest BCUT2D eigenvalue weighted by Crippen LogP contribution is 2.25. The maximum atomic E-state index is 11.2. The Balaban J connectivity index is 1.59. The Kier molecular flexibility index (Phi) is 4.61. The lowest BCUT2D eigenvalue weighted by Gasteiger charge is -2.09. The second-order valence-electron chi connectivity index (χ2n) is 6.57. The first kappa shape index (κ1) is 16.3. The highest BCUT2D eigenvalue weighted by atomic mass is 16.1. The number of fused-ring (bicyclic) bond motifs is 2. The third-order valence-electron chi connectivity index (χ3n) is 4.89. The number of aldehydes is 1. The van der Waals surface area contributed by atoms with Crippen LogP contribution in [-0.4, -0.2) is 6.29 Å². The molecule has 0 spiro atoms. The van der Waals surface area contributed by atoms with E-state index in [-0.39, 0.29) is 0 Å². The lowest BCUT2D eigenvalue weighted by Crippen LogP contribution is -1.91. The van der Waals surface area contributed by atoms with Crippen LogP contribution in [0.1, 0.15) is 17.5 Å². The molecule has 0 saturated carbocycles. The number of rotatable bonds is 5. The Morgan fingerprint density at radius 3 is 2.00 bits per heavy atom. The molecule has 26 heavy (non-hydrogen) atoms. The summed E-state index contributed by atoms with van der Waals surface area (Å²) in [4.78, 5) is 11.2. The molecule has 0 heterocycles. The molecule has 1 nitrogen and oxygen atoms in total. The molecule has 0 aromatic heterocycles. The van der Waals surface area contributed by atoms with Gasteiger partial charge < -0.3 is 0 Å². The molecule has 0 fully saturated rings. The maximum absolute atomic E-state index is 11.2. The summed E-state index contributed by atoms with van der Waals surface area (Å²) in [7, 11) is 0. The van der Waals surface area contributed by atoms with Crippen LogP contribution in [0.4, 0.5) is 0 Å². The van der Waals surface area contributed by atoms with E-state index in [0.29, 0.717) is 0 Å². The Labute approximate surface area is 153 Å². The van der Waals surface area contributed by atoms with Gasteiger partial charge in [0.25, 0.3) is 0 Å². The van der Waals surface area contributed by atoms with Gasteiger partial charge in [-0.3, -0.25) is 4.79 Å². The Morgan fingerprint density at radius 2 is 1.31 bits per heavy atom. The van der Waals surface area contributed by atoms with Crippen molar-refractivity contribution in [2.24, 2.45) is 0 Å². The fourth-order valence-corrected chi connectivity index (χ4v) is 3.47. The first-order valence-corrected chi connectivity index (χ1v) is 8.95. The van der Waals surface area contributed by atoms with Crippen LogP contribution in [-0.2, 0) is 11.2 Å². The molecule has 0 amide bonds. The number of hydrogen-bond donors (Lipinski definition) is 0. The summed E-state index contributed by atoms with van der Waals surface area (Å²) in [6.45, 7) is 0. The normalized spacial score (nSPS) is 11.8. The van der Waals surface area contributed by atoms with Gasteiger partial charge in [-0.05, 0) is 63.2 Å². The van der Waals surface area contributed by atoms with Crippen LogP contribution < -0.4 is 0 Å². The molecule has 0 bridgehead atoms. The molecule has 0 aliphatic carbocycles. The minimum atomic E-state index is 0.843. The first-order valence-electron chi connectivity index (χ1n) is 8.95. The van der Waals surface area contributed by atoms with Gasteiger partial charge >= 0.3 is 0 Å². The van der Waals surface area contributed by atoms with Crippen LogP contribution in [0.15, 0.2) is 91.0 Å². The molecule has 0 radical (unpaired) electrons. The van der Waals surface area contributed by atoms with Crippen molar-refractivity contribution in [3.8, 4) is 0 Å². The number of carbonyl (C=O) groups excluding carboxylic acids is 1. The summed E-state index contributed by atoms with van der Waals surface area (Å²) in [5, 5.41) is 4.94. The summed E-state index contributed by atoms with van der Waals surface area (Å²) >= 11 is 0. The third kappa shape index (κ3) is 3.43. The van der Waals surface area contributed by atoms with Gasteiger partial charge in [-0.2, -0.15) is 0 Å². The molecule has 126 valence electrons. The van der Waals surface area contributed by atoms with E-state index in [4.69, 9.17) is 0 Å². The Morgan fingerprint density at radius 1 is 0.692 bits per heavy atom. The molecule has 0 atom stereocenters. The summed E-state index contributed by atoms with van der Waals surface area (Å²) in [5.41, 5.74) is 3.50. The van der Waals surface area contributed by atoms with Crippen LogP contribution in [0.25, 0.3) is 27.1 Å². The van der Waals surface area contributed by atoms with Crippen LogP contribution in [0.3, 0.4) is 0 Å². The number of aryl methyl sites for hydroxylation is 1. The van der Waals surface area contributed by atoms with Crippen molar-refractivity contribution < 1.29 is 4.79 Å². The summed E-state index contributed by atoms with van der Waals surface area (Å²) in [6.07, 6.45) is 4.35. The predicted octanol–water partition coefficient (Wildman–Crippen LogP) is 6.21. The van der Waals surface area contributed by atoms with E-state index < -0.39 is 0 Å². The van der Waals surface area contributed by atoms with Crippen molar-refractivity contribution in [2.75, 3.05) is 0 Å². The maximum Gasteiger partial charge on any atom is 0.143 e. The molecule has 0 N–H and O–H groups in total. The SMILES string of the molecule is O=C/C=C(/CCc1ccc2ccccc2c1)c1ccc2ccccc2c1. The second-order valence-corrected chi connectivity index (χ2v) is 6.57. The van der Waals surface area contributed by atoms with E-state index in [1.54, 1.807) is 6.08 Å². The molecular weight excluding hydrogens is 316 g/mol. The van der Waals surface area contributed by atoms with Gasteiger partial charge in [0.2, 0.25) is 0 Å². The largest absolute Gasteiger partial charge is 0.299 e. The van der Waals surface area contributed by atoms with Crippen LogP contribution >= 0.6 is 0 Å². The first-order chi connectivity index (χ1) is 12.8. The zero-order valence-corrected chi connectivity index (χ0v) is 14.6. The number of hydrogen-bond acceptors (Lipinski definition) is 1. The molecule has 0 aliphatic heterocycles. The molecule has 0 unspecified atom stereocenters. The van der Waals surface area contributed by atoms with Crippen LogP contribution in [0.5, 0.6) is 0 Å². The van der Waals surface area contributed by atoms with Crippen molar-refractivity contribution in [1.82, 2.24) is 0 Å². The Bertz CT molecular complexity index is 1110. The van der Waals surface area contributed by atoms with Gasteiger partial charge in [-0.15, -0.1) is 0 Å². The van der Waals surface area contributed by atoms with Crippen molar-refractivity contribution in [1.29, 1.82) is 0 Å². The highest BCUT2D eigenvalue weighted by Gasteiger charge is 2.05. The molecule has 1 heteroatoms. The number of benzene rings is 4. The van der Waals surface area contributed by atoms with Crippen molar-refractivity contribution in [2.45, 2.75) is 12.8 Å². The zero-order valence-electron chi connectivity index (χ0n) is 14.6. The fourth-order valence-electron chi connectivity index (χ4n) is 3.47. The van der Waals surface area contributed by atoms with Crippen molar-refractivity contribution in [3.05, 3.63) is 102 Å². The number of allylic oxidation sites excluding steroid dienone is 2. The molecule has 4 aromatic carbocycles. The van der Waals surface area contributed by atoms with Gasteiger partial charge in [0.15, 0.2) is 0 Å². The van der Waals surface area contributed by atoms with Gasteiger partial charge in [-0.1, -0.05) is 78.9 Å².